The molecule has 13 heteroatoms. The van der Waals surface area contributed by atoms with Crippen molar-refractivity contribution < 1.29 is 9.53 Å². The van der Waals surface area contributed by atoms with Gasteiger partial charge in [0.25, 0.3) is 0 Å². The topological polar surface area (TPSA) is 124 Å². The van der Waals surface area contributed by atoms with Gasteiger partial charge in [0.05, 0.1) is 53.5 Å². The molecule has 0 fully saturated rings. The van der Waals surface area contributed by atoms with E-state index in [0.29, 0.717) is 40.3 Å². The highest BCUT2D eigenvalue weighted by Crippen LogP contribution is 2.27. The van der Waals surface area contributed by atoms with Crippen LogP contribution < -0.4 is 10.6 Å². The average molecular weight is 462 g/mol. The Labute approximate surface area is 186 Å². The predicted octanol–water partition coefficient (Wildman–Crippen LogP) is 3.41. The van der Waals surface area contributed by atoms with E-state index in [1.165, 1.54) is 23.4 Å². The number of carbonyl (C=O) groups excluding carboxylic acids is 1. The number of carbonyl (C=O) groups is 1. The van der Waals surface area contributed by atoms with Crippen molar-refractivity contribution in [2.75, 3.05) is 24.4 Å². The van der Waals surface area contributed by atoms with E-state index in [2.05, 4.69) is 35.9 Å². The number of nitrogens with one attached hydrogen (secondary N) is 2. The number of methoxy groups -OCH3 is 1. The standard InChI is InChI=1S/C18H17Cl2N9O2/c1-10(9-31-2)16-13(8-21-15-6-14(20)27-28(15)16)26-18(30)25-11-5-12(19)17(22-7-11)29-23-3-4-24-29/h3-8,10H,9H2,1-2H3,(H2,25,26,30)/t10-/m0/s1. The van der Waals surface area contributed by atoms with Gasteiger partial charge in [-0.3, -0.25) is 0 Å². The minimum atomic E-state index is -0.506. The van der Waals surface area contributed by atoms with Crippen molar-refractivity contribution in [3.05, 3.63) is 52.8 Å². The number of anilines is 2. The minimum Gasteiger partial charge on any atom is -0.384 e. The van der Waals surface area contributed by atoms with E-state index in [4.69, 9.17) is 27.9 Å². The molecule has 0 aliphatic carbocycles. The number of pyridine rings is 1. The van der Waals surface area contributed by atoms with Crippen LogP contribution in [-0.2, 0) is 4.74 Å². The van der Waals surface area contributed by atoms with Gasteiger partial charge in [-0.15, -0.1) is 4.80 Å². The van der Waals surface area contributed by atoms with Crippen LogP contribution in [0.3, 0.4) is 0 Å². The molecule has 160 valence electrons. The molecule has 4 aromatic rings. The van der Waals surface area contributed by atoms with Gasteiger partial charge in [-0.25, -0.2) is 19.3 Å². The van der Waals surface area contributed by atoms with Gasteiger partial charge in [-0.1, -0.05) is 30.1 Å². The zero-order valence-corrected chi connectivity index (χ0v) is 18.0. The molecule has 0 aliphatic rings. The van der Waals surface area contributed by atoms with Gasteiger partial charge in [0, 0.05) is 19.1 Å². The van der Waals surface area contributed by atoms with Crippen molar-refractivity contribution in [1.29, 1.82) is 0 Å². The predicted molar refractivity (Wildman–Crippen MR) is 115 cm³/mol. The van der Waals surface area contributed by atoms with E-state index < -0.39 is 6.03 Å². The van der Waals surface area contributed by atoms with E-state index >= 15 is 0 Å². The molecule has 1 atom stereocenters. The lowest BCUT2D eigenvalue weighted by molar-refractivity contribution is 0.182. The Morgan fingerprint density at radius 1 is 1.16 bits per heavy atom. The molecule has 4 heterocycles. The molecule has 2 amide bonds. The third-order valence-electron chi connectivity index (χ3n) is 4.31. The SMILES string of the molecule is COC[C@H](C)c1c(NC(=O)Nc2cnc(-n3nccn3)c(Cl)c2)cnc2cc(Cl)nn12. The van der Waals surface area contributed by atoms with Crippen LogP contribution >= 0.6 is 23.2 Å². The number of halogens is 2. The molecule has 4 rings (SSSR count). The largest absolute Gasteiger partial charge is 0.384 e. The van der Waals surface area contributed by atoms with E-state index in [1.807, 2.05) is 6.92 Å². The molecule has 4 aromatic heterocycles. The summed E-state index contributed by atoms with van der Waals surface area (Å²) in [6.07, 6.45) is 6.02. The second-order valence-electron chi connectivity index (χ2n) is 6.58. The summed E-state index contributed by atoms with van der Waals surface area (Å²) >= 11 is 12.3. The van der Waals surface area contributed by atoms with Crippen LogP contribution in [0.2, 0.25) is 10.2 Å². The highest BCUT2D eigenvalue weighted by atomic mass is 35.5. The first-order valence-corrected chi connectivity index (χ1v) is 9.85. The van der Waals surface area contributed by atoms with Crippen LogP contribution in [0.25, 0.3) is 11.5 Å². The van der Waals surface area contributed by atoms with E-state index in [1.54, 1.807) is 30.0 Å². The summed E-state index contributed by atoms with van der Waals surface area (Å²) in [4.78, 5) is 22.4. The first-order chi connectivity index (χ1) is 15.0. The fourth-order valence-electron chi connectivity index (χ4n) is 3.08. The van der Waals surface area contributed by atoms with Gasteiger partial charge >= 0.3 is 6.03 Å². The average Bonchev–Trinajstić information content (AvgIpc) is 3.37. The Balaban J connectivity index is 1.57. The summed E-state index contributed by atoms with van der Waals surface area (Å²) in [5.74, 6) is 0.247. The maximum absolute atomic E-state index is 12.6. The lowest BCUT2D eigenvalue weighted by atomic mass is 10.1. The molecule has 0 radical (unpaired) electrons. The summed E-state index contributed by atoms with van der Waals surface area (Å²) in [7, 11) is 1.60. The smallest absolute Gasteiger partial charge is 0.323 e. The number of rotatable bonds is 6. The van der Waals surface area contributed by atoms with Crippen molar-refractivity contribution in [1.82, 2.24) is 34.6 Å². The number of aromatic nitrogens is 7. The monoisotopic (exact) mass is 461 g/mol. The van der Waals surface area contributed by atoms with Gasteiger partial charge < -0.3 is 15.4 Å². The Kier molecular flexibility index (Phi) is 5.98. The van der Waals surface area contributed by atoms with Crippen LogP contribution in [0.5, 0.6) is 0 Å². The highest BCUT2D eigenvalue weighted by molar-refractivity contribution is 6.32. The first-order valence-electron chi connectivity index (χ1n) is 9.09. The maximum Gasteiger partial charge on any atom is 0.323 e. The molecule has 2 N–H and O–H groups in total. The molecule has 0 aliphatic heterocycles. The van der Waals surface area contributed by atoms with Gasteiger partial charge in [0.1, 0.15) is 0 Å². The third kappa shape index (κ3) is 4.43. The third-order valence-corrected chi connectivity index (χ3v) is 4.77. The van der Waals surface area contributed by atoms with Crippen molar-refractivity contribution >= 4 is 46.3 Å². The second-order valence-corrected chi connectivity index (χ2v) is 7.37. The van der Waals surface area contributed by atoms with Crippen LogP contribution in [-0.4, -0.2) is 54.3 Å². The van der Waals surface area contributed by atoms with Gasteiger partial charge in [-0.2, -0.15) is 15.3 Å². The highest BCUT2D eigenvalue weighted by Gasteiger charge is 2.19. The van der Waals surface area contributed by atoms with E-state index in [9.17, 15) is 4.79 Å². The summed E-state index contributed by atoms with van der Waals surface area (Å²) in [5, 5.41) is 18.3. The van der Waals surface area contributed by atoms with E-state index in [-0.39, 0.29) is 10.9 Å². The molecule has 11 nitrogen and oxygen atoms in total. The summed E-state index contributed by atoms with van der Waals surface area (Å²) in [6.45, 7) is 2.36. The number of urea groups is 1. The zero-order chi connectivity index (χ0) is 22.0. The van der Waals surface area contributed by atoms with Crippen molar-refractivity contribution in [3.8, 4) is 5.82 Å². The fraction of sp³-hybridized carbons (Fsp3) is 0.222. The molecular weight excluding hydrogens is 445 g/mol. The number of hydrogen-bond acceptors (Lipinski definition) is 7. The minimum absolute atomic E-state index is 0.0984. The molecular formula is C18H17Cl2N9O2. The second kappa shape index (κ2) is 8.84. The van der Waals surface area contributed by atoms with Gasteiger partial charge in [0.15, 0.2) is 16.6 Å². The molecule has 0 saturated carbocycles. The lowest BCUT2D eigenvalue weighted by Crippen LogP contribution is -2.23. The van der Waals surface area contributed by atoms with Gasteiger partial charge in [-0.05, 0) is 6.07 Å². The molecule has 0 unspecified atom stereocenters. The Morgan fingerprint density at radius 3 is 2.65 bits per heavy atom. The Morgan fingerprint density at radius 2 is 1.94 bits per heavy atom. The van der Waals surface area contributed by atoms with Crippen LogP contribution in [0.4, 0.5) is 16.2 Å². The maximum atomic E-state index is 12.6. The number of amides is 2. The fourth-order valence-corrected chi connectivity index (χ4v) is 3.49. The molecule has 31 heavy (non-hydrogen) atoms. The van der Waals surface area contributed by atoms with Crippen LogP contribution in [0.15, 0.2) is 36.9 Å². The summed E-state index contributed by atoms with van der Waals surface area (Å²) < 4.78 is 6.86. The summed E-state index contributed by atoms with van der Waals surface area (Å²) in [5.41, 5.74) is 2.12. The lowest BCUT2D eigenvalue weighted by Gasteiger charge is -2.17. The Hall–Kier alpha value is -3.28. The molecule has 0 spiro atoms. The van der Waals surface area contributed by atoms with Gasteiger partial charge in [0.2, 0.25) is 0 Å². The first kappa shape index (κ1) is 21.0. The van der Waals surface area contributed by atoms with Crippen LogP contribution in [0.1, 0.15) is 18.5 Å². The quantitative estimate of drug-likeness (QED) is 0.450. The number of nitrogens with zero attached hydrogens (tertiary/aromatic N) is 7. The molecule has 0 bridgehead atoms. The van der Waals surface area contributed by atoms with Crippen LogP contribution in [0, 0.1) is 0 Å². The van der Waals surface area contributed by atoms with E-state index in [0.717, 1.165) is 0 Å². The normalized spacial score (nSPS) is 12.1. The Bertz CT molecular complexity index is 1230. The van der Waals surface area contributed by atoms with Crippen molar-refractivity contribution in [2.24, 2.45) is 0 Å². The van der Waals surface area contributed by atoms with Crippen molar-refractivity contribution in [3.63, 3.8) is 0 Å². The molecule has 0 saturated heterocycles. The zero-order valence-electron chi connectivity index (χ0n) is 16.5. The number of ether oxygens (including phenoxy) is 1. The number of hydrogen-bond donors (Lipinski definition) is 2. The molecule has 0 aromatic carbocycles. The summed E-state index contributed by atoms with van der Waals surface area (Å²) in [6, 6.07) is 2.68. The van der Waals surface area contributed by atoms with Crippen molar-refractivity contribution in [2.45, 2.75) is 12.8 Å². The number of fused-ring (bicyclic) bond motifs is 1.